The van der Waals surface area contributed by atoms with E-state index >= 15 is 0 Å². The predicted molar refractivity (Wildman–Crippen MR) is 83.0 cm³/mol. The maximum absolute atomic E-state index is 12.1. The third-order valence-electron chi connectivity index (χ3n) is 3.60. The molecule has 1 atom stereocenters. The minimum atomic E-state index is -1.11. The molecule has 5 nitrogen and oxygen atoms in total. The number of carboxylic acid groups (broad SMARTS) is 1. The van der Waals surface area contributed by atoms with Crippen molar-refractivity contribution in [3.63, 3.8) is 0 Å². The average molecular weight is 301 g/mol. The number of carboxylic acids is 1. The molecule has 1 aliphatic rings. The van der Waals surface area contributed by atoms with E-state index in [0.29, 0.717) is 18.4 Å². The Morgan fingerprint density at radius 2 is 1.91 bits per heavy atom. The zero-order chi connectivity index (χ0) is 16.3. The SMILES string of the molecule is CC1(C)CC(=O)C(C=NC(C(=O)O)c2ccccc2)=C(O)C1. The number of aliphatic carboxylic acids is 1. The van der Waals surface area contributed by atoms with Crippen molar-refractivity contribution in [1.82, 2.24) is 0 Å². The summed E-state index contributed by atoms with van der Waals surface area (Å²) < 4.78 is 0. The number of aliphatic imine (C=N–C) groups is 1. The second kappa shape index (κ2) is 6.13. The smallest absolute Gasteiger partial charge is 0.333 e. The molecular formula is C17H19NO4. The number of nitrogens with zero attached hydrogens (tertiary/aromatic N) is 1. The molecule has 2 N–H and O–H groups in total. The second-order valence-electron chi connectivity index (χ2n) is 6.23. The number of hydrogen-bond donors (Lipinski definition) is 2. The number of hydrogen-bond acceptors (Lipinski definition) is 4. The van der Waals surface area contributed by atoms with Gasteiger partial charge in [0.1, 0.15) is 5.76 Å². The minimum Gasteiger partial charge on any atom is -0.511 e. The third kappa shape index (κ3) is 3.61. The fraction of sp³-hybridized carbons (Fsp3) is 0.353. The number of carbonyl (C=O) groups is 2. The predicted octanol–water partition coefficient (Wildman–Crippen LogP) is 3.08. The van der Waals surface area contributed by atoms with Crippen molar-refractivity contribution in [3.8, 4) is 0 Å². The van der Waals surface area contributed by atoms with Gasteiger partial charge in [0.25, 0.3) is 0 Å². The fourth-order valence-electron chi connectivity index (χ4n) is 2.53. The van der Waals surface area contributed by atoms with Crippen molar-refractivity contribution in [3.05, 3.63) is 47.2 Å². The topological polar surface area (TPSA) is 87.0 Å². The molecule has 1 aliphatic carbocycles. The van der Waals surface area contributed by atoms with Crippen molar-refractivity contribution in [2.24, 2.45) is 10.4 Å². The van der Waals surface area contributed by atoms with Crippen LogP contribution in [-0.2, 0) is 9.59 Å². The molecule has 22 heavy (non-hydrogen) atoms. The van der Waals surface area contributed by atoms with Crippen molar-refractivity contribution < 1.29 is 19.8 Å². The van der Waals surface area contributed by atoms with Gasteiger partial charge in [-0.3, -0.25) is 9.79 Å². The van der Waals surface area contributed by atoms with Gasteiger partial charge in [-0.25, -0.2) is 4.79 Å². The van der Waals surface area contributed by atoms with Crippen LogP contribution in [0.25, 0.3) is 0 Å². The van der Waals surface area contributed by atoms with Crippen LogP contribution in [0.15, 0.2) is 46.7 Å². The molecular weight excluding hydrogens is 282 g/mol. The van der Waals surface area contributed by atoms with Gasteiger partial charge in [0.2, 0.25) is 0 Å². The molecule has 1 aromatic carbocycles. The maximum Gasteiger partial charge on any atom is 0.333 e. The first kappa shape index (κ1) is 15.9. The average Bonchev–Trinajstić information content (AvgIpc) is 2.41. The molecule has 5 heteroatoms. The van der Waals surface area contributed by atoms with Crippen molar-refractivity contribution in [2.45, 2.75) is 32.7 Å². The standard InChI is InChI=1S/C17H19NO4/c1-17(2)8-13(19)12(14(20)9-17)10-18-15(16(21)22)11-6-4-3-5-7-11/h3-7,10,15,19H,8-9H2,1-2H3,(H,21,22). The number of aliphatic hydroxyl groups is 1. The van der Waals surface area contributed by atoms with E-state index in [1.165, 1.54) is 6.21 Å². The van der Waals surface area contributed by atoms with Crippen LogP contribution >= 0.6 is 0 Å². The fourth-order valence-corrected chi connectivity index (χ4v) is 2.53. The summed E-state index contributed by atoms with van der Waals surface area (Å²) in [5, 5.41) is 19.3. The van der Waals surface area contributed by atoms with Crippen LogP contribution in [0.2, 0.25) is 0 Å². The van der Waals surface area contributed by atoms with Gasteiger partial charge in [0.05, 0.1) is 5.57 Å². The molecule has 0 aliphatic heterocycles. The van der Waals surface area contributed by atoms with Crippen LogP contribution in [0.5, 0.6) is 0 Å². The van der Waals surface area contributed by atoms with Gasteiger partial charge in [0.15, 0.2) is 11.8 Å². The number of rotatable bonds is 4. The zero-order valence-electron chi connectivity index (χ0n) is 12.6. The van der Waals surface area contributed by atoms with Crippen LogP contribution in [-0.4, -0.2) is 28.2 Å². The highest BCUT2D eigenvalue weighted by molar-refractivity contribution is 6.14. The lowest BCUT2D eigenvalue weighted by Crippen LogP contribution is -2.26. The summed E-state index contributed by atoms with van der Waals surface area (Å²) in [5.74, 6) is -1.34. The molecule has 1 unspecified atom stereocenters. The highest BCUT2D eigenvalue weighted by atomic mass is 16.4. The molecule has 2 rings (SSSR count). The van der Waals surface area contributed by atoms with Gasteiger partial charge in [-0.1, -0.05) is 44.2 Å². The van der Waals surface area contributed by atoms with E-state index in [1.54, 1.807) is 30.3 Å². The molecule has 0 heterocycles. The van der Waals surface area contributed by atoms with E-state index in [9.17, 15) is 19.8 Å². The van der Waals surface area contributed by atoms with Crippen LogP contribution in [0, 0.1) is 5.41 Å². The Hall–Kier alpha value is -2.43. The lowest BCUT2D eigenvalue weighted by Gasteiger charge is -2.28. The number of ketones is 1. The first-order valence-electron chi connectivity index (χ1n) is 7.06. The number of allylic oxidation sites excluding steroid dienone is 2. The normalized spacial score (nSPS) is 19.5. The molecule has 1 aromatic rings. The summed E-state index contributed by atoms with van der Waals surface area (Å²) in [6.07, 6.45) is 1.88. The van der Waals surface area contributed by atoms with E-state index in [2.05, 4.69) is 4.99 Å². The summed E-state index contributed by atoms with van der Waals surface area (Å²) in [4.78, 5) is 27.4. The Morgan fingerprint density at radius 3 is 2.45 bits per heavy atom. The number of Topliss-reactive ketones (excluding diaryl/α,β-unsaturated/α-hetero) is 1. The van der Waals surface area contributed by atoms with E-state index in [4.69, 9.17) is 0 Å². The number of aliphatic hydroxyl groups excluding tert-OH is 1. The van der Waals surface area contributed by atoms with Crippen molar-refractivity contribution in [1.29, 1.82) is 0 Å². The first-order chi connectivity index (χ1) is 10.3. The van der Waals surface area contributed by atoms with Crippen LogP contribution in [0.1, 0.15) is 38.3 Å². The Labute approximate surface area is 129 Å². The Kier molecular flexibility index (Phi) is 4.45. The van der Waals surface area contributed by atoms with Crippen LogP contribution < -0.4 is 0 Å². The monoisotopic (exact) mass is 301 g/mol. The summed E-state index contributed by atoms with van der Waals surface area (Å²) in [6, 6.07) is 7.47. The zero-order valence-corrected chi connectivity index (χ0v) is 12.6. The van der Waals surface area contributed by atoms with Crippen LogP contribution in [0.3, 0.4) is 0 Å². The number of benzene rings is 1. The minimum absolute atomic E-state index is 0.0257. The van der Waals surface area contributed by atoms with Gasteiger partial charge in [0, 0.05) is 19.1 Å². The molecule has 0 spiro atoms. The maximum atomic E-state index is 12.1. The van der Waals surface area contributed by atoms with Crippen LogP contribution in [0.4, 0.5) is 0 Å². The largest absolute Gasteiger partial charge is 0.511 e. The van der Waals surface area contributed by atoms with E-state index in [1.807, 2.05) is 13.8 Å². The molecule has 0 amide bonds. The summed E-state index contributed by atoms with van der Waals surface area (Å²) >= 11 is 0. The van der Waals surface area contributed by atoms with Gasteiger partial charge in [-0.15, -0.1) is 0 Å². The van der Waals surface area contributed by atoms with Crippen molar-refractivity contribution in [2.75, 3.05) is 0 Å². The molecule has 0 saturated carbocycles. The summed E-state index contributed by atoms with van der Waals surface area (Å²) in [6.45, 7) is 3.80. The second-order valence-corrected chi connectivity index (χ2v) is 6.23. The van der Waals surface area contributed by atoms with Gasteiger partial charge < -0.3 is 10.2 Å². The molecule has 0 saturated heterocycles. The summed E-state index contributed by atoms with van der Waals surface area (Å²) in [7, 11) is 0. The van der Waals surface area contributed by atoms with Gasteiger partial charge in [-0.2, -0.15) is 0 Å². The quantitative estimate of drug-likeness (QED) is 0.837. The Bertz CT molecular complexity index is 644. The first-order valence-corrected chi connectivity index (χ1v) is 7.06. The molecule has 0 aromatic heterocycles. The highest BCUT2D eigenvalue weighted by Gasteiger charge is 2.32. The highest BCUT2D eigenvalue weighted by Crippen LogP contribution is 2.35. The lowest BCUT2D eigenvalue weighted by atomic mass is 9.77. The van der Waals surface area contributed by atoms with E-state index in [0.717, 1.165) is 0 Å². The Morgan fingerprint density at radius 1 is 1.27 bits per heavy atom. The number of carbonyl (C=O) groups excluding carboxylic acids is 1. The van der Waals surface area contributed by atoms with E-state index < -0.39 is 12.0 Å². The van der Waals surface area contributed by atoms with E-state index in [-0.39, 0.29) is 22.5 Å². The van der Waals surface area contributed by atoms with Crippen molar-refractivity contribution >= 4 is 18.0 Å². The summed E-state index contributed by atoms with van der Waals surface area (Å²) in [5.41, 5.74) is 0.348. The Balaban J connectivity index is 2.29. The van der Waals surface area contributed by atoms with Gasteiger partial charge >= 0.3 is 5.97 Å². The van der Waals surface area contributed by atoms with Gasteiger partial charge in [-0.05, 0) is 11.0 Å². The molecule has 0 radical (unpaired) electrons. The lowest BCUT2D eigenvalue weighted by molar-refractivity contribution is -0.138. The molecule has 0 fully saturated rings. The third-order valence-corrected chi connectivity index (χ3v) is 3.60. The molecule has 0 bridgehead atoms. The molecule has 116 valence electrons.